The Morgan fingerprint density at radius 2 is 1.40 bits per heavy atom. The van der Waals surface area contributed by atoms with E-state index in [4.69, 9.17) is 14.2 Å². The van der Waals surface area contributed by atoms with Crippen LogP contribution in [0.25, 0.3) is 0 Å². The Hall–Kier alpha value is -4.50. The number of nitrogens with zero attached hydrogens (tertiary/aromatic N) is 1. The lowest BCUT2D eigenvalue weighted by atomic mass is 9.91. The zero-order valence-electron chi connectivity index (χ0n) is 22.6. The van der Waals surface area contributed by atoms with Crippen molar-refractivity contribution in [3.8, 4) is 17.2 Å². The fourth-order valence-electron chi connectivity index (χ4n) is 5.16. The van der Waals surface area contributed by atoms with Crippen molar-refractivity contribution in [2.75, 3.05) is 31.0 Å². The Balaban J connectivity index is 1.67. The fraction of sp³-hybridized carbons (Fsp3) is 0.194. The van der Waals surface area contributed by atoms with Crippen molar-refractivity contribution in [2.24, 2.45) is 0 Å². The molecule has 0 fully saturated rings. The second-order valence-corrected chi connectivity index (χ2v) is 11.2. The van der Waals surface area contributed by atoms with Crippen molar-refractivity contribution >= 4 is 27.3 Å². The molecular weight excluding hydrogens is 528 g/mol. The molecule has 0 spiro atoms. The van der Waals surface area contributed by atoms with Crippen LogP contribution < -0.4 is 23.8 Å². The predicted octanol–water partition coefficient (Wildman–Crippen LogP) is 6.02. The van der Waals surface area contributed by atoms with Crippen molar-refractivity contribution in [2.45, 2.75) is 23.8 Å². The zero-order valence-corrected chi connectivity index (χ0v) is 23.4. The van der Waals surface area contributed by atoms with Crippen LogP contribution in [0.2, 0.25) is 0 Å². The fourth-order valence-corrected chi connectivity index (χ4v) is 6.91. The Morgan fingerprint density at radius 3 is 2.02 bits per heavy atom. The molecule has 0 saturated heterocycles. The number of benzene rings is 4. The molecule has 1 aliphatic heterocycles. The van der Waals surface area contributed by atoms with Crippen LogP contribution in [0.5, 0.6) is 17.2 Å². The van der Waals surface area contributed by atoms with E-state index in [1.807, 2.05) is 19.1 Å². The summed E-state index contributed by atoms with van der Waals surface area (Å²) in [4.78, 5) is 13.2. The van der Waals surface area contributed by atoms with Gasteiger partial charge in [0.1, 0.15) is 5.75 Å². The first-order chi connectivity index (χ1) is 19.3. The van der Waals surface area contributed by atoms with Gasteiger partial charge in [-0.05, 0) is 53.6 Å². The van der Waals surface area contributed by atoms with Gasteiger partial charge in [0.2, 0.25) is 0 Å². The maximum absolute atomic E-state index is 14.2. The number of nitrogens with one attached hydrogen (secondary N) is 1. The number of ether oxygens (including phenoxy) is 3. The minimum Gasteiger partial charge on any atom is -0.494 e. The second kappa shape index (κ2) is 10.9. The molecule has 8 nitrogen and oxygen atoms in total. The number of hydrogen-bond acceptors (Lipinski definition) is 6. The lowest BCUT2D eigenvalue weighted by Crippen LogP contribution is -2.33. The maximum Gasteiger partial charge on any atom is 0.264 e. The first kappa shape index (κ1) is 27.1. The minimum atomic E-state index is -4.00. The Morgan fingerprint density at radius 1 is 0.775 bits per heavy atom. The topological polar surface area (TPSA) is 94.2 Å². The smallest absolute Gasteiger partial charge is 0.264 e. The number of anilines is 2. The number of amides is 1. The van der Waals surface area contributed by atoms with Crippen LogP contribution in [0.3, 0.4) is 0 Å². The van der Waals surface area contributed by atoms with Gasteiger partial charge in [0.25, 0.3) is 15.9 Å². The number of fused-ring (bicyclic) bond motifs is 1. The van der Waals surface area contributed by atoms with Crippen LogP contribution in [0.15, 0.2) is 95.9 Å². The molecule has 9 heteroatoms. The van der Waals surface area contributed by atoms with Gasteiger partial charge in [-0.3, -0.25) is 9.10 Å². The van der Waals surface area contributed by atoms with E-state index in [2.05, 4.69) is 5.32 Å². The molecule has 4 aromatic carbocycles. The molecule has 0 bridgehead atoms. The van der Waals surface area contributed by atoms with Gasteiger partial charge in [0.05, 0.1) is 43.6 Å². The van der Waals surface area contributed by atoms with Gasteiger partial charge >= 0.3 is 0 Å². The van der Waals surface area contributed by atoms with E-state index in [9.17, 15) is 13.2 Å². The molecule has 1 amide bonds. The number of methoxy groups -OCH3 is 3. The standard InChI is InChI=1S/C31H30N2O6S/c1-20-24-18-25(32-31(34)21-11-7-5-8-12-21)28(38-3)19-26(24)33(40(35,36)23-13-9-6-10-14-23)30(20)22-15-16-27(37-2)29(17-22)39-4/h5-20,30H,1-4H3,(H,32,34)/t20?,30-/m1/s1. The van der Waals surface area contributed by atoms with E-state index in [0.29, 0.717) is 34.2 Å². The third-order valence-corrected chi connectivity index (χ3v) is 8.95. The summed E-state index contributed by atoms with van der Waals surface area (Å²) in [5.74, 6) is 0.795. The highest BCUT2D eigenvalue weighted by molar-refractivity contribution is 7.92. The third-order valence-electron chi connectivity index (χ3n) is 7.14. The van der Waals surface area contributed by atoms with Crippen LogP contribution in [0, 0.1) is 0 Å². The number of hydrogen-bond donors (Lipinski definition) is 1. The zero-order chi connectivity index (χ0) is 28.4. The highest BCUT2D eigenvalue weighted by Gasteiger charge is 2.45. The number of sulfonamides is 1. The molecule has 1 N–H and O–H groups in total. The molecule has 0 radical (unpaired) electrons. The Labute approximate surface area is 234 Å². The van der Waals surface area contributed by atoms with Gasteiger partial charge in [-0.2, -0.15) is 0 Å². The van der Waals surface area contributed by atoms with E-state index in [1.165, 1.54) is 11.4 Å². The SMILES string of the molecule is COc1cc2c(cc1NC(=O)c1ccccc1)C(C)[C@H](c1ccc(OC)c(OC)c1)N2S(=O)(=O)c1ccccc1. The molecule has 2 atom stereocenters. The molecule has 40 heavy (non-hydrogen) atoms. The van der Waals surface area contributed by atoms with Gasteiger partial charge in [-0.15, -0.1) is 0 Å². The molecule has 1 heterocycles. The molecule has 5 rings (SSSR count). The number of rotatable bonds is 8. The molecule has 206 valence electrons. The summed E-state index contributed by atoms with van der Waals surface area (Å²) < 4.78 is 46.5. The van der Waals surface area contributed by atoms with Crippen LogP contribution in [0.4, 0.5) is 11.4 Å². The lowest BCUT2D eigenvalue weighted by molar-refractivity contribution is 0.102. The molecule has 4 aromatic rings. The normalized spacial score (nSPS) is 16.2. The van der Waals surface area contributed by atoms with E-state index < -0.39 is 16.1 Å². The highest BCUT2D eigenvalue weighted by atomic mass is 32.2. The van der Waals surface area contributed by atoms with Crippen molar-refractivity contribution < 1.29 is 27.4 Å². The lowest BCUT2D eigenvalue weighted by Gasteiger charge is -2.29. The predicted molar refractivity (Wildman–Crippen MR) is 154 cm³/mol. The second-order valence-electron chi connectivity index (χ2n) is 9.39. The van der Waals surface area contributed by atoms with Gasteiger partial charge in [-0.25, -0.2) is 8.42 Å². The summed E-state index contributed by atoms with van der Waals surface area (Å²) >= 11 is 0. The monoisotopic (exact) mass is 558 g/mol. The summed E-state index contributed by atoms with van der Waals surface area (Å²) in [5.41, 5.74) is 2.91. The molecule has 1 unspecified atom stereocenters. The molecule has 0 aliphatic carbocycles. The quantitative estimate of drug-likeness (QED) is 0.284. The van der Waals surface area contributed by atoms with Gasteiger partial charge in [0.15, 0.2) is 11.5 Å². The first-order valence-electron chi connectivity index (χ1n) is 12.7. The first-order valence-corrected chi connectivity index (χ1v) is 14.1. The van der Waals surface area contributed by atoms with Crippen molar-refractivity contribution in [1.82, 2.24) is 0 Å². The van der Waals surface area contributed by atoms with E-state index in [0.717, 1.165) is 11.1 Å². The summed E-state index contributed by atoms with van der Waals surface area (Å²) in [5, 5.41) is 2.93. The Bertz CT molecular complexity index is 1640. The highest BCUT2D eigenvalue weighted by Crippen LogP contribution is 2.54. The van der Waals surface area contributed by atoms with Crippen LogP contribution in [-0.2, 0) is 10.0 Å². The van der Waals surface area contributed by atoms with E-state index in [-0.39, 0.29) is 16.7 Å². The number of carbonyl (C=O) groups is 1. The van der Waals surface area contributed by atoms with Gasteiger partial charge < -0.3 is 19.5 Å². The summed E-state index contributed by atoms with van der Waals surface area (Å²) in [7, 11) is 0.575. The van der Waals surface area contributed by atoms with Crippen molar-refractivity contribution in [3.05, 3.63) is 108 Å². The van der Waals surface area contributed by atoms with Crippen molar-refractivity contribution in [1.29, 1.82) is 0 Å². The van der Waals surface area contributed by atoms with Crippen LogP contribution in [-0.4, -0.2) is 35.7 Å². The minimum absolute atomic E-state index is 0.168. The summed E-state index contributed by atoms with van der Waals surface area (Å²) in [6.07, 6.45) is 0. The average Bonchev–Trinajstić information content (AvgIpc) is 3.28. The Kier molecular flexibility index (Phi) is 7.40. The van der Waals surface area contributed by atoms with Crippen LogP contribution >= 0.6 is 0 Å². The van der Waals surface area contributed by atoms with Crippen LogP contribution in [0.1, 0.15) is 40.4 Å². The third kappa shape index (κ3) is 4.73. The summed E-state index contributed by atoms with van der Waals surface area (Å²) in [6, 6.07) is 25.5. The molecule has 0 aromatic heterocycles. The average molecular weight is 559 g/mol. The van der Waals surface area contributed by atoms with E-state index >= 15 is 0 Å². The van der Waals surface area contributed by atoms with E-state index in [1.54, 1.807) is 93.1 Å². The summed E-state index contributed by atoms with van der Waals surface area (Å²) in [6.45, 7) is 1.97. The van der Waals surface area contributed by atoms with Crippen molar-refractivity contribution in [3.63, 3.8) is 0 Å². The molecule has 0 saturated carbocycles. The van der Waals surface area contributed by atoms with Gasteiger partial charge in [-0.1, -0.05) is 49.4 Å². The largest absolute Gasteiger partial charge is 0.494 e. The molecular formula is C31H30N2O6S. The molecule has 1 aliphatic rings. The number of carbonyl (C=O) groups excluding carboxylic acids is 1. The van der Waals surface area contributed by atoms with Gasteiger partial charge in [0, 0.05) is 17.5 Å². The maximum atomic E-state index is 14.2.